The topological polar surface area (TPSA) is 12.4 Å². The molecule has 1 atom stereocenters. The second-order valence-electron chi connectivity index (χ2n) is 3.63. The first kappa shape index (κ1) is 8.98. The van der Waals surface area contributed by atoms with E-state index >= 15 is 0 Å². The van der Waals surface area contributed by atoms with Crippen molar-refractivity contribution in [2.45, 2.75) is 4.90 Å². The summed E-state index contributed by atoms with van der Waals surface area (Å²) in [5, 5.41) is 2.70. The van der Waals surface area contributed by atoms with Crippen LogP contribution >= 0.6 is 10.9 Å². The van der Waals surface area contributed by atoms with Gasteiger partial charge in [0.25, 0.3) is 0 Å². The van der Waals surface area contributed by atoms with Crippen molar-refractivity contribution < 1.29 is 0 Å². The maximum atomic E-state index is 4.23. The van der Waals surface area contributed by atoms with Crippen molar-refractivity contribution in [1.29, 1.82) is 0 Å². The highest BCUT2D eigenvalue weighted by Gasteiger charge is 2.11. The molecule has 1 aliphatic rings. The predicted octanol–water partition coefficient (Wildman–Crippen LogP) is 3.12. The standard InChI is InChI=1S/C13H12NS/c1-2-6-12-11(4-1)5-3-7-13(12)15-9-8-14-10-15/h1-7,15H,8-9H2. The van der Waals surface area contributed by atoms with Gasteiger partial charge in [-0.25, -0.2) is 0 Å². The van der Waals surface area contributed by atoms with Gasteiger partial charge in [0.15, 0.2) is 0 Å². The van der Waals surface area contributed by atoms with E-state index in [1.165, 1.54) is 21.4 Å². The quantitative estimate of drug-likeness (QED) is 0.700. The van der Waals surface area contributed by atoms with E-state index in [2.05, 4.69) is 53.0 Å². The Morgan fingerprint density at radius 3 is 2.80 bits per heavy atom. The molecule has 0 fully saturated rings. The highest BCUT2D eigenvalue weighted by atomic mass is 32.2. The summed E-state index contributed by atoms with van der Waals surface area (Å²) in [5.74, 6) is 1.17. The van der Waals surface area contributed by atoms with E-state index in [-0.39, 0.29) is 10.9 Å². The number of nitrogens with zero attached hydrogens (tertiary/aromatic N) is 1. The van der Waals surface area contributed by atoms with Gasteiger partial charge in [-0.1, -0.05) is 36.4 Å². The van der Waals surface area contributed by atoms with E-state index in [0.717, 1.165) is 6.54 Å². The van der Waals surface area contributed by atoms with Gasteiger partial charge in [-0.3, -0.25) is 4.99 Å². The fraction of sp³-hybridized carbons (Fsp3) is 0.154. The molecule has 0 bridgehead atoms. The molecule has 0 aromatic heterocycles. The summed E-state index contributed by atoms with van der Waals surface area (Å²) in [5.41, 5.74) is 3.25. The minimum Gasteiger partial charge on any atom is -0.276 e. The molecule has 1 nitrogen and oxygen atoms in total. The molecule has 2 heteroatoms. The summed E-state index contributed by atoms with van der Waals surface area (Å²) in [6.07, 6.45) is 0. The number of benzene rings is 2. The SMILES string of the molecule is [C]1=NCC[SH]1c1cccc2ccccc12. The Morgan fingerprint density at radius 2 is 1.93 bits per heavy atom. The molecule has 0 amide bonds. The molecular weight excluding hydrogens is 202 g/mol. The van der Waals surface area contributed by atoms with Crippen LogP contribution in [-0.4, -0.2) is 17.8 Å². The van der Waals surface area contributed by atoms with Gasteiger partial charge in [0.1, 0.15) is 5.55 Å². The van der Waals surface area contributed by atoms with Crippen molar-refractivity contribution in [3.05, 3.63) is 42.5 Å². The fourth-order valence-electron chi connectivity index (χ4n) is 1.95. The Bertz CT molecular complexity index is 513. The van der Waals surface area contributed by atoms with Gasteiger partial charge < -0.3 is 0 Å². The lowest BCUT2D eigenvalue weighted by molar-refractivity contribution is 1.18. The van der Waals surface area contributed by atoms with Crippen molar-refractivity contribution in [1.82, 2.24) is 0 Å². The number of thiol groups is 1. The first-order chi connectivity index (χ1) is 7.45. The Labute approximate surface area is 92.2 Å². The molecule has 3 rings (SSSR count). The first-order valence-electron chi connectivity index (χ1n) is 5.12. The number of aliphatic imine (C=N–C) groups is 1. The van der Waals surface area contributed by atoms with E-state index in [1.54, 1.807) is 0 Å². The van der Waals surface area contributed by atoms with Crippen LogP contribution in [0.25, 0.3) is 10.8 Å². The number of hydrogen-bond donors (Lipinski definition) is 1. The molecular formula is C13H12NS. The van der Waals surface area contributed by atoms with Gasteiger partial charge in [0, 0.05) is 17.2 Å². The van der Waals surface area contributed by atoms with Gasteiger partial charge in [0.2, 0.25) is 0 Å². The van der Waals surface area contributed by atoms with Crippen LogP contribution in [0, 0.1) is 0 Å². The summed E-state index contributed by atoms with van der Waals surface area (Å²) >= 11 is 0. The first-order valence-corrected chi connectivity index (χ1v) is 6.65. The highest BCUT2D eigenvalue weighted by Crippen LogP contribution is 2.40. The van der Waals surface area contributed by atoms with Gasteiger partial charge in [-0.05, 0) is 16.8 Å². The van der Waals surface area contributed by atoms with Crippen LogP contribution in [-0.2, 0) is 0 Å². The van der Waals surface area contributed by atoms with Gasteiger partial charge >= 0.3 is 0 Å². The predicted molar refractivity (Wildman–Crippen MR) is 68.4 cm³/mol. The van der Waals surface area contributed by atoms with Crippen LogP contribution in [0.15, 0.2) is 52.4 Å². The second-order valence-corrected chi connectivity index (χ2v) is 5.62. The number of fused-ring (bicyclic) bond motifs is 1. The lowest BCUT2D eigenvalue weighted by Gasteiger charge is -2.13. The average molecular weight is 214 g/mol. The summed E-state index contributed by atoms with van der Waals surface area (Å²) in [4.78, 5) is 5.66. The summed E-state index contributed by atoms with van der Waals surface area (Å²) < 4.78 is 0. The molecule has 2 aromatic carbocycles. The lowest BCUT2D eigenvalue weighted by atomic mass is 10.1. The van der Waals surface area contributed by atoms with Gasteiger partial charge in [-0.15, -0.1) is 0 Å². The highest BCUT2D eigenvalue weighted by molar-refractivity contribution is 8.28. The smallest absolute Gasteiger partial charge is 0.105 e. The van der Waals surface area contributed by atoms with Crippen molar-refractivity contribution in [3.63, 3.8) is 0 Å². The molecule has 2 aromatic rings. The Balaban J connectivity index is 2.21. The fourth-order valence-corrected chi connectivity index (χ4v) is 3.73. The maximum absolute atomic E-state index is 4.23. The Kier molecular flexibility index (Phi) is 2.22. The number of hydrogen-bond acceptors (Lipinski definition) is 1. The van der Waals surface area contributed by atoms with Gasteiger partial charge in [-0.2, -0.15) is 10.9 Å². The van der Waals surface area contributed by atoms with E-state index in [1.807, 2.05) is 0 Å². The van der Waals surface area contributed by atoms with Crippen molar-refractivity contribution in [2.24, 2.45) is 4.99 Å². The van der Waals surface area contributed by atoms with Crippen molar-refractivity contribution >= 4 is 27.2 Å². The third-order valence-electron chi connectivity index (χ3n) is 2.68. The summed E-state index contributed by atoms with van der Waals surface area (Å²) in [6, 6.07) is 15.1. The Hall–Kier alpha value is -1.28. The van der Waals surface area contributed by atoms with Crippen LogP contribution in [0.1, 0.15) is 0 Å². The van der Waals surface area contributed by atoms with E-state index < -0.39 is 0 Å². The van der Waals surface area contributed by atoms with Crippen LogP contribution < -0.4 is 0 Å². The van der Waals surface area contributed by atoms with E-state index in [4.69, 9.17) is 0 Å². The largest absolute Gasteiger partial charge is 0.276 e. The third kappa shape index (κ3) is 1.55. The molecule has 1 aliphatic heterocycles. The molecule has 75 valence electrons. The lowest BCUT2D eigenvalue weighted by Crippen LogP contribution is -1.88. The van der Waals surface area contributed by atoms with Crippen LogP contribution in [0.3, 0.4) is 0 Å². The molecule has 0 aliphatic carbocycles. The third-order valence-corrected chi connectivity index (χ3v) is 4.69. The summed E-state index contributed by atoms with van der Waals surface area (Å²) in [7, 11) is -0.257. The molecule has 15 heavy (non-hydrogen) atoms. The summed E-state index contributed by atoms with van der Waals surface area (Å²) in [6.45, 7) is 0.953. The van der Waals surface area contributed by atoms with Gasteiger partial charge in [0.05, 0.1) is 0 Å². The maximum Gasteiger partial charge on any atom is 0.105 e. The zero-order valence-corrected chi connectivity index (χ0v) is 9.24. The average Bonchev–Trinajstić information content (AvgIpc) is 2.82. The normalized spacial score (nSPS) is 22.3. The molecule has 0 saturated carbocycles. The van der Waals surface area contributed by atoms with E-state index in [9.17, 15) is 0 Å². The second kappa shape index (κ2) is 3.70. The van der Waals surface area contributed by atoms with Crippen LogP contribution in [0.4, 0.5) is 0 Å². The Morgan fingerprint density at radius 1 is 1.07 bits per heavy atom. The molecule has 0 spiro atoms. The molecule has 1 heterocycles. The number of rotatable bonds is 1. The zero-order chi connectivity index (χ0) is 10.1. The molecule has 1 radical (unpaired) electrons. The minimum atomic E-state index is -0.257. The van der Waals surface area contributed by atoms with Crippen molar-refractivity contribution in [2.75, 3.05) is 12.3 Å². The molecule has 1 unspecified atom stereocenters. The van der Waals surface area contributed by atoms with Crippen molar-refractivity contribution in [3.8, 4) is 0 Å². The monoisotopic (exact) mass is 214 g/mol. The molecule has 0 saturated heterocycles. The van der Waals surface area contributed by atoms with Crippen LogP contribution in [0.5, 0.6) is 0 Å². The van der Waals surface area contributed by atoms with E-state index in [0.29, 0.717) is 0 Å². The molecule has 0 N–H and O–H groups in total. The minimum absolute atomic E-state index is 0.257. The van der Waals surface area contributed by atoms with Crippen LogP contribution in [0.2, 0.25) is 0 Å². The zero-order valence-electron chi connectivity index (χ0n) is 8.35.